The molecule has 0 radical (unpaired) electrons. The highest BCUT2D eigenvalue weighted by Gasteiger charge is 2.18. The topological polar surface area (TPSA) is 72.5 Å². The Morgan fingerprint density at radius 1 is 1.25 bits per heavy atom. The number of fused-ring (bicyclic) bond motifs is 1. The van der Waals surface area contributed by atoms with Crippen molar-refractivity contribution in [2.45, 2.75) is 25.0 Å². The normalized spacial score (nSPS) is 13.9. The largest absolute Gasteiger partial charge is 0.469 e. The molecule has 0 aromatic heterocycles. The summed E-state index contributed by atoms with van der Waals surface area (Å²) in [6.07, 6.45) is -0.188. The fourth-order valence-electron chi connectivity index (χ4n) is 2.18. The fourth-order valence-corrected chi connectivity index (χ4v) is 2.18. The molecule has 2 aromatic rings. The molecule has 2 atom stereocenters. The van der Waals surface area contributed by atoms with Crippen LogP contribution >= 0.6 is 0 Å². The smallest absolute Gasteiger partial charge is 0.305 e. The zero-order valence-electron chi connectivity index (χ0n) is 11.5. The van der Waals surface area contributed by atoms with Crippen LogP contribution in [0.3, 0.4) is 0 Å². The first kappa shape index (κ1) is 14.5. The molecule has 4 heteroatoms. The van der Waals surface area contributed by atoms with Gasteiger partial charge in [-0.15, -0.1) is 0 Å². The lowest BCUT2D eigenvalue weighted by Crippen LogP contribution is -2.29. The van der Waals surface area contributed by atoms with Gasteiger partial charge in [0.25, 0.3) is 0 Å². The summed E-state index contributed by atoms with van der Waals surface area (Å²) >= 11 is 0. The number of methoxy groups -OCH3 is 1. The van der Waals surface area contributed by atoms with Crippen LogP contribution in [0.25, 0.3) is 10.8 Å². The van der Waals surface area contributed by atoms with Gasteiger partial charge in [0.05, 0.1) is 13.2 Å². The van der Waals surface area contributed by atoms with Crippen LogP contribution in [0.4, 0.5) is 0 Å². The van der Waals surface area contributed by atoms with Crippen LogP contribution in [-0.4, -0.2) is 24.2 Å². The Morgan fingerprint density at radius 3 is 2.65 bits per heavy atom. The van der Waals surface area contributed by atoms with Crippen LogP contribution in [-0.2, 0) is 9.53 Å². The monoisotopic (exact) mass is 273 g/mol. The molecule has 0 aliphatic carbocycles. The molecular formula is C16H19NO3. The van der Waals surface area contributed by atoms with Gasteiger partial charge in [0, 0.05) is 12.5 Å². The Balaban J connectivity index is 2.09. The van der Waals surface area contributed by atoms with Crippen LogP contribution in [0.2, 0.25) is 0 Å². The second-order valence-electron chi connectivity index (χ2n) is 4.83. The van der Waals surface area contributed by atoms with Crippen molar-refractivity contribution in [3.63, 3.8) is 0 Å². The third-order valence-corrected chi connectivity index (χ3v) is 3.43. The summed E-state index contributed by atoms with van der Waals surface area (Å²) in [6.45, 7) is 0. The van der Waals surface area contributed by atoms with E-state index >= 15 is 0 Å². The molecule has 3 N–H and O–H groups in total. The van der Waals surface area contributed by atoms with Gasteiger partial charge < -0.3 is 15.6 Å². The fraction of sp³-hybridized carbons (Fsp3) is 0.312. The zero-order valence-corrected chi connectivity index (χ0v) is 11.5. The van der Waals surface area contributed by atoms with Gasteiger partial charge in [-0.25, -0.2) is 0 Å². The lowest BCUT2D eigenvalue weighted by molar-refractivity contribution is -0.140. The minimum atomic E-state index is -0.788. The van der Waals surface area contributed by atoms with E-state index in [1.165, 1.54) is 7.11 Å². The van der Waals surface area contributed by atoms with Gasteiger partial charge in [-0.1, -0.05) is 36.4 Å². The molecule has 4 nitrogen and oxygen atoms in total. The molecule has 0 saturated carbocycles. The number of benzene rings is 2. The molecule has 2 rings (SSSR count). The molecule has 0 heterocycles. The third kappa shape index (κ3) is 3.35. The van der Waals surface area contributed by atoms with Gasteiger partial charge in [-0.05, 0) is 28.8 Å². The Hall–Kier alpha value is -1.91. The maximum absolute atomic E-state index is 11.1. The Morgan fingerprint density at radius 2 is 1.95 bits per heavy atom. The number of aliphatic hydroxyl groups is 1. The summed E-state index contributed by atoms with van der Waals surface area (Å²) in [5.74, 6) is -0.314. The molecular weight excluding hydrogens is 254 g/mol. The lowest BCUT2D eigenvalue weighted by Gasteiger charge is -2.19. The minimum absolute atomic E-state index is 0.211. The number of hydrogen-bond donors (Lipinski definition) is 2. The molecule has 2 aromatic carbocycles. The molecule has 2 unspecified atom stereocenters. The average Bonchev–Trinajstić information content (AvgIpc) is 2.50. The number of nitrogens with two attached hydrogens (primary N) is 1. The van der Waals surface area contributed by atoms with E-state index < -0.39 is 12.1 Å². The predicted molar refractivity (Wildman–Crippen MR) is 78.1 cm³/mol. The van der Waals surface area contributed by atoms with Gasteiger partial charge >= 0.3 is 5.97 Å². The summed E-state index contributed by atoms with van der Waals surface area (Å²) in [5, 5.41) is 12.4. The summed E-state index contributed by atoms with van der Waals surface area (Å²) in [4.78, 5) is 11.1. The number of rotatable bonds is 5. The van der Waals surface area contributed by atoms with Crippen molar-refractivity contribution in [1.82, 2.24) is 0 Å². The van der Waals surface area contributed by atoms with Gasteiger partial charge in [0.15, 0.2) is 0 Å². The Bertz CT molecular complexity index is 597. The molecule has 20 heavy (non-hydrogen) atoms. The van der Waals surface area contributed by atoms with E-state index in [4.69, 9.17) is 5.73 Å². The van der Waals surface area contributed by atoms with Gasteiger partial charge in [0.1, 0.15) is 0 Å². The zero-order chi connectivity index (χ0) is 14.5. The second-order valence-corrected chi connectivity index (χ2v) is 4.83. The van der Waals surface area contributed by atoms with Crippen LogP contribution in [0.1, 0.15) is 24.5 Å². The van der Waals surface area contributed by atoms with Crippen molar-refractivity contribution in [3.05, 3.63) is 48.0 Å². The van der Waals surface area contributed by atoms with E-state index in [2.05, 4.69) is 4.74 Å². The SMILES string of the molecule is COC(=O)CCC(N)C(O)c1ccc2ccccc2c1. The number of esters is 1. The molecule has 0 aliphatic heterocycles. The summed E-state index contributed by atoms with van der Waals surface area (Å²) in [6, 6.07) is 13.2. The van der Waals surface area contributed by atoms with E-state index in [1.807, 2.05) is 42.5 Å². The first-order valence-corrected chi connectivity index (χ1v) is 6.61. The molecule has 0 amide bonds. The van der Waals surface area contributed by atoms with Crippen LogP contribution in [0.15, 0.2) is 42.5 Å². The van der Waals surface area contributed by atoms with Gasteiger partial charge in [0.2, 0.25) is 0 Å². The van der Waals surface area contributed by atoms with E-state index in [-0.39, 0.29) is 12.4 Å². The first-order chi connectivity index (χ1) is 9.61. The number of aliphatic hydroxyl groups excluding tert-OH is 1. The summed E-state index contributed by atoms with van der Waals surface area (Å²) in [5.41, 5.74) is 6.70. The van der Waals surface area contributed by atoms with Crippen molar-refractivity contribution in [3.8, 4) is 0 Å². The number of carbonyl (C=O) groups excluding carboxylic acids is 1. The minimum Gasteiger partial charge on any atom is -0.469 e. The van der Waals surface area contributed by atoms with Gasteiger partial charge in [-0.3, -0.25) is 4.79 Å². The van der Waals surface area contributed by atoms with Crippen LogP contribution in [0, 0.1) is 0 Å². The number of hydrogen-bond acceptors (Lipinski definition) is 4. The van der Waals surface area contributed by atoms with Crippen molar-refractivity contribution >= 4 is 16.7 Å². The molecule has 106 valence electrons. The van der Waals surface area contributed by atoms with Crippen molar-refractivity contribution < 1.29 is 14.6 Å². The first-order valence-electron chi connectivity index (χ1n) is 6.61. The Labute approximate surface area is 118 Å². The predicted octanol–water partition coefficient (Wildman–Crippen LogP) is 2.15. The molecule has 0 bridgehead atoms. The molecule has 0 fully saturated rings. The van der Waals surface area contributed by atoms with E-state index in [1.54, 1.807) is 0 Å². The van der Waals surface area contributed by atoms with E-state index in [0.717, 1.165) is 16.3 Å². The van der Waals surface area contributed by atoms with Crippen molar-refractivity contribution in [2.75, 3.05) is 7.11 Å². The third-order valence-electron chi connectivity index (χ3n) is 3.43. The average molecular weight is 273 g/mol. The number of ether oxygens (including phenoxy) is 1. The van der Waals surface area contributed by atoms with Crippen LogP contribution < -0.4 is 5.73 Å². The lowest BCUT2D eigenvalue weighted by atomic mass is 9.97. The van der Waals surface area contributed by atoms with Crippen LogP contribution in [0.5, 0.6) is 0 Å². The van der Waals surface area contributed by atoms with Crippen molar-refractivity contribution in [1.29, 1.82) is 0 Å². The van der Waals surface area contributed by atoms with E-state index in [0.29, 0.717) is 6.42 Å². The Kier molecular flexibility index (Phi) is 4.71. The number of carbonyl (C=O) groups is 1. The highest BCUT2D eigenvalue weighted by molar-refractivity contribution is 5.83. The highest BCUT2D eigenvalue weighted by atomic mass is 16.5. The maximum atomic E-state index is 11.1. The molecule has 0 saturated heterocycles. The second kappa shape index (κ2) is 6.50. The molecule has 0 aliphatic rings. The maximum Gasteiger partial charge on any atom is 0.305 e. The molecule has 0 spiro atoms. The summed E-state index contributed by atoms with van der Waals surface area (Å²) < 4.78 is 4.57. The quantitative estimate of drug-likeness (QED) is 0.819. The highest BCUT2D eigenvalue weighted by Crippen LogP contribution is 2.23. The standard InChI is InChI=1S/C16H19NO3/c1-20-15(18)9-8-14(17)16(19)13-7-6-11-4-2-3-5-12(11)10-13/h2-7,10,14,16,19H,8-9,17H2,1H3. The summed E-state index contributed by atoms with van der Waals surface area (Å²) in [7, 11) is 1.34. The van der Waals surface area contributed by atoms with E-state index in [9.17, 15) is 9.90 Å². The van der Waals surface area contributed by atoms with Gasteiger partial charge in [-0.2, -0.15) is 0 Å². The van der Waals surface area contributed by atoms with Crippen molar-refractivity contribution in [2.24, 2.45) is 5.73 Å².